The summed E-state index contributed by atoms with van der Waals surface area (Å²) in [5, 5.41) is 0.898. The number of likely N-dealkylation sites (N-methyl/N-ethyl adjacent to an activating group) is 1. The molecule has 1 spiro atoms. The number of alkyl halides is 2. The molecule has 0 unspecified atom stereocenters. The molecule has 47 heavy (non-hydrogen) atoms. The minimum absolute atomic E-state index is 0. The summed E-state index contributed by atoms with van der Waals surface area (Å²) in [6.07, 6.45) is 6.27. The molecule has 1 N–H and O–H groups in total. The van der Waals surface area contributed by atoms with Gasteiger partial charge in [0.2, 0.25) is 11.8 Å². The Kier molecular flexibility index (Phi) is 8.88. The van der Waals surface area contributed by atoms with Gasteiger partial charge in [-0.25, -0.2) is 22.2 Å². The van der Waals surface area contributed by atoms with Crippen molar-refractivity contribution in [1.82, 2.24) is 14.9 Å². The predicted octanol–water partition coefficient (Wildman–Crippen LogP) is 6.42. The number of carbonyl (C=O) groups is 1. The van der Waals surface area contributed by atoms with Crippen LogP contribution in [0.25, 0.3) is 22.0 Å². The van der Waals surface area contributed by atoms with Gasteiger partial charge in [-0.05, 0) is 55.2 Å². The first-order chi connectivity index (χ1) is 22.1. The fourth-order valence-electron chi connectivity index (χ4n) is 6.81. The van der Waals surface area contributed by atoms with E-state index in [9.17, 15) is 22.0 Å². The maximum absolute atomic E-state index is 13.5. The normalized spacial score (nSPS) is 18.4. The number of halogens is 3. The van der Waals surface area contributed by atoms with Gasteiger partial charge in [-0.1, -0.05) is 30.7 Å². The van der Waals surface area contributed by atoms with Crippen LogP contribution in [-0.4, -0.2) is 68.4 Å². The van der Waals surface area contributed by atoms with Crippen molar-refractivity contribution in [2.24, 2.45) is 0 Å². The summed E-state index contributed by atoms with van der Waals surface area (Å²) in [6.45, 7) is 1.49. The molecule has 2 aromatic carbocycles. The Bertz CT molecular complexity index is 1910. The highest BCUT2D eigenvalue weighted by molar-refractivity contribution is 7.92. The molecule has 3 aliphatic rings. The fraction of sp³-hybridized carbons (Fsp3) is 0.382. The molecule has 9 nitrogen and oxygen atoms in total. The SMILES string of the molecule is CN1C(=O)C2(CCC2)c2c1cnc1ccc(-c3cnc(OCCCN4CCC(F)(F)CC4)c(NS(=O)(=O)c4ccccc4)c3)cc21.Cl. The van der Waals surface area contributed by atoms with Crippen molar-refractivity contribution >= 4 is 50.6 Å². The topological polar surface area (TPSA) is 105 Å². The number of nitrogens with zero attached hydrogens (tertiary/aromatic N) is 4. The molecular formula is C34H36ClF2N5O4S. The van der Waals surface area contributed by atoms with Gasteiger partial charge in [0.15, 0.2) is 0 Å². The maximum atomic E-state index is 13.5. The first-order valence-electron chi connectivity index (χ1n) is 15.6. The molecule has 1 amide bonds. The molecule has 7 rings (SSSR count). The summed E-state index contributed by atoms with van der Waals surface area (Å²) in [6, 6.07) is 15.6. The van der Waals surface area contributed by atoms with E-state index in [0.717, 1.165) is 47.0 Å². The lowest BCUT2D eigenvalue weighted by Gasteiger charge is -2.37. The van der Waals surface area contributed by atoms with Crippen LogP contribution in [0.3, 0.4) is 0 Å². The number of benzene rings is 2. The molecule has 0 atom stereocenters. The second kappa shape index (κ2) is 12.6. The third-order valence-electron chi connectivity index (χ3n) is 9.54. The number of hydrogen-bond donors (Lipinski definition) is 1. The summed E-state index contributed by atoms with van der Waals surface area (Å²) in [4.78, 5) is 26.2. The zero-order valence-corrected chi connectivity index (χ0v) is 27.5. The Labute approximate surface area is 278 Å². The number of fused-ring (bicyclic) bond motifs is 4. The second-order valence-electron chi connectivity index (χ2n) is 12.4. The van der Waals surface area contributed by atoms with Gasteiger partial charge in [-0.3, -0.25) is 14.5 Å². The molecule has 1 saturated heterocycles. The predicted molar refractivity (Wildman–Crippen MR) is 179 cm³/mol. The Morgan fingerprint density at radius 3 is 2.40 bits per heavy atom. The standard InChI is InChI=1S/C34H35F2N5O4S.ClH/c1-40-29-22-37-27-10-9-23(19-26(27)30(29)33(32(40)42)11-5-12-33)24-20-28(39-46(43,44)25-7-3-2-4-8-25)31(38-21-24)45-18-6-15-41-16-13-34(35,36)14-17-41;/h2-4,7-10,19-22,39H,5-6,11-18H2,1H3;1H. The summed E-state index contributed by atoms with van der Waals surface area (Å²) in [7, 11) is -2.17. The first-order valence-corrected chi connectivity index (χ1v) is 17.1. The van der Waals surface area contributed by atoms with Crippen LogP contribution < -0.4 is 14.4 Å². The van der Waals surface area contributed by atoms with Crippen LogP contribution in [0.4, 0.5) is 20.2 Å². The second-order valence-corrected chi connectivity index (χ2v) is 14.1. The van der Waals surface area contributed by atoms with Crippen LogP contribution in [0, 0.1) is 0 Å². The van der Waals surface area contributed by atoms with Gasteiger partial charge in [0.25, 0.3) is 15.9 Å². The number of sulfonamides is 1. The number of aromatic nitrogens is 2. The molecule has 2 aromatic heterocycles. The quantitative estimate of drug-likeness (QED) is 0.203. The zero-order valence-electron chi connectivity index (χ0n) is 25.9. The number of pyridine rings is 2. The molecule has 4 aromatic rings. The maximum Gasteiger partial charge on any atom is 0.262 e. The third kappa shape index (κ3) is 6.14. The summed E-state index contributed by atoms with van der Waals surface area (Å²) in [5.41, 5.74) is 3.73. The van der Waals surface area contributed by atoms with Crippen LogP contribution in [0.1, 0.15) is 44.1 Å². The molecule has 1 saturated carbocycles. The summed E-state index contributed by atoms with van der Waals surface area (Å²) in [5.74, 6) is -2.37. The zero-order chi connectivity index (χ0) is 32.1. The van der Waals surface area contributed by atoms with Gasteiger partial charge in [-0.2, -0.15) is 0 Å². The van der Waals surface area contributed by atoms with E-state index in [4.69, 9.17) is 4.74 Å². The first kappa shape index (κ1) is 33.0. The third-order valence-corrected chi connectivity index (χ3v) is 10.9. The Balaban J connectivity index is 0.00000386. The van der Waals surface area contributed by atoms with E-state index in [-0.39, 0.29) is 54.2 Å². The lowest BCUT2D eigenvalue weighted by molar-refractivity contribution is -0.125. The molecule has 13 heteroatoms. The van der Waals surface area contributed by atoms with E-state index in [2.05, 4.69) is 14.7 Å². The Morgan fingerprint density at radius 1 is 0.957 bits per heavy atom. The van der Waals surface area contributed by atoms with Crippen molar-refractivity contribution in [2.45, 2.75) is 54.8 Å². The smallest absolute Gasteiger partial charge is 0.262 e. The average Bonchev–Trinajstić information content (AvgIpc) is 3.27. The lowest BCUT2D eigenvalue weighted by atomic mass is 9.64. The van der Waals surface area contributed by atoms with Crippen LogP contribution in [0.15, 0.2) is 71.9 Å². The van der Waals surface area contributed by atoms with E-state index >= 15 is 0 Å². The molecule has 2 aliphatic heterocycles. The van der Waals surface area contributed by atoms with Crippen LogP contribution in [-0.2, 0) is 20.2 Å². The van der Waals surface area contributed by atoms with Gasteiger partial charge in [0, 0.05) is 62.2 Å². The number of ether oxygens (including phenoxy) is 1. The van der Waals surface area contributed by atoms with Crippen LogP contribution in [0.5, 0.6) is 5.88 Å². The lowest BCUT2D eigenvalue weighted by Crippen LogP contribution is -2.43. The van der Waals surface area contributed by atoms with Gasteiger partial charge in [0.05, 0.1) is 34.3 Å². The number of anilines is 2. The number of rotatable bonds is 9. The number of likely N-dealkylation sites (tertiary alicyclic amines) is 1. The van der Waals surface area contributed by atoms with Gasteiger partial charge in [0.1, 0.15) is 5.69 Å². The highest BCUT2D eigenvalue weighted by atomic mass is 35.5. The minimum atomic E-state index is -3.96. The van der Waals surface area contributed by atoms with E-state index in [1.807, 2.05) is 23.1 Å². The van der Waals surface area contributed by atoms with Crippen molar-refractivity contribution in [3.8, 4) is 17.0 Å². The molecule has 1 aliphatic carbocycles. The van der Waals surface area contributed by atoms with Crippen molar-refractivity contribution in [3.63, 3.8) is 0 Å². The van der Waals surface area contributed by atoms with Crippen LogP contribution >= 0.6 is 12.4 Å². The molecule has 4 heterocycles. The number of piperidine rings is 1. The monoisotopic (exact) mass is 683 g/mol. The molecule has 0 radical (unpaired) electrons. The number of amides is 1. The molecule has 0 bridgehead atoms. The van der Waals surface area contributed by atoms with Crippen molar-refractivity contribution in [1.29, 1.82) is 0 Å². The number of carbonyl (C=O) groups excluding carboxylic acids is 1. The largest absolute Gasteiger partial charge is 0.476 e. The molecule has 2 fully saturated rings. The summed E-state index contributed by atoms with van der Waals surface area (Å²) >= 11 is 0. The van der Waals surface area contributed by atoms with Crippen LogP contribution in [0.2, 0.25) is 0 Å². The van der Waals surface area contributed by atoms with E-state index in [0.29, 0.717) is 31.6 Å². The van der Waals surface area contributed by atoms with Crippen molar-refractivity contribution in [2.75, 3.05) is 42.9 Å². The number of hydrogen-bond acceptors (Lipinski definition) is 7. The summed E-state index contributed by atoms with van der Waals surface area (Å²) < 4.78 is 62.4. The Morgan fingerprint density at radius 2 is 1.70 bits per heavy atom. The van der Waals surface area contributed by atoms with E-state index < -0.39 is 21.4 Å². The van der Waals surface area contributed by atoms with E-state index in [1.165, 1.54) is 12.1 Å². The fourth-order valence-corrected chi connectivity index (χ4v) is 7.88. The van der Waals surface area contributed by atoms with Gasteiger partial charge >= 0.3 is 0 Å². The van der Waals surface area contributed by atoms with Gasteiger partial charge < -0.3 is 14.5 Å². The molecule has 248 valence electrons. The highest BCUT2D eigenvalue weighted by Crippen LogP contribution is 2.55. The van der Waals surface area contributed by atoms with Crippen molar-refractivity contribution in [3.05, 3.63) is 72.6 Å². The highest BCUT2D eigenvalue weighted by Gasteiger charge is 2.54. The van der Waals surface area contributed by atoms with Crippen molar-refractivity contribution < 1.29 is 26.7 Å². The number of nitrogens with one attached hydrogen (secondary N) is 1. The average molecular weight is 684 g/mol. The Hall–Kier alpha value is -3.87. The van der Waals surface area contributed by atoms with Gasteiger partial charge in [-0.15, -0.1) is 12.4 Å². The van der Waals surface area contributed by atoms with E-state index in [1.54, 1.807) is 48.6 Å². The molecular weight excluding hydrogens is 648 g/mol. The minimum Gasteiger partial charge on any atom is -0.476 e.